The molecular weight excluding hydrogens is 248 g/mol. The number of carbonyl (C=O) groups excluding carboxylic acids is 2. The summed E-state index contributed by atoms with van der Waals surface area (Å²) in [5, 5.41) is 2.54. The normalized spacial score (nSPS) is 22.3. The molecule has 1 fully saturated rings. The number of alkyl halides is 1. The van der Waals surface area contributed by atoms with Crippen molar-refractivity contribution in [3.8, 4) is 0 Å². The highest BCUT2D eigenvalue weighted by molar-refractivity contribution is 9.10. The van der Waals surface area contributed by atoms with Crippen molar-refractivity contribution in [1.82, 2.24) is 10.2 Å². The highest BCUT2D eigenvalue weighted by Crippen LogP contribution is 2.18. The second-order valence-corrected chi connectivity index (χ2v) is 4.46. The van der Waals surface area contributed by atoms with Crippen molar-refractivity contribution in [3.63, 3.8) is 0 Å². The summed E-state index contributed by atoms with van der Waals surface area (Å²) >= 11 is 3.33. The van der Waals surface area contributed by atoms with Crippen molar-refractivity contribution in [2.45, 2.75) is 24.1 Å². The van der Waals surface area contributed by atoms with Gasteiger partial charge in [-0.25, -0.2) is 0 Å². The van der Waals surface area contributed by atoms with E-state index in [0.29, 0.717) is 13.0 Å². The Bertz CT molecular complexity index is 233. The fraction of sp³-hybridized carbons (Fsp3) is 0.778. The van der Waals surface area contributed by atoms with E-state index in [1.807, 2.05) is 0 Å². The van der Waals surface area contributed by atoms with E-state index in [1.54, 1.807) is 11.9 Å². The summed E-state index contributed by atoms with van der Waals surface area (Å²) in [5.74, 6) is 0.0923. The van der Waals surface area contributed by atoms with Gasteiger partial charge in [-0.15, -0.1) is 0 Å². The third kappa shape index (κ3) is 2.97. The molecule has 14 heavy (non-hydrogen) atoms. The average molecular weight is 263 g/mol. The fourth-order valence-corrected chi connectivity index (χ4v) is 2.09. The van der Waals surface area contributed by atoms with Gasteiger partial charge < -0.3 is 10.2 Å². The largest absolute Gasteiger partial charge is 0.359 e. The summed E-state index contributed by atoms with van der Waals surface area (Å²) in [5.41, 5.74) is 0. The first-order chi connectivity index (χ1) is 6.65. The van der Waals surface area contributed by atoms with Crippen LogP contribution >= 0.6 is 15.9 Å². The number of amides is 2. The Morgan fingerprint density at radius 3 is 3.07 bits per heavy atom. The van der Waals surface area contributed by atoms with Gasteiger partial charge in [-0.1, -0.05) is 15.9 Å². The molecule has 1 heterocycles. The molecule has 1 N–H and O–H groups in total. The third-order valence-corrected chi connectivity index (χ3v) is 3.20. The highest BCUT2D eigenvalue weighted by atomic mass is 79.9. The van der Waals surface area contributed by atoms with Crippen molar-refractivity contribution in [3.05, 3.63) is 0 Å². The number of nitrogens with zero attached hydrogens (tertiary/aromatic N) is 1. The van der Waals surface area contributed by atoms with Crippen molar-refractivity contribution in [1.29, 1.82) is 0 Å². The molecule has 0 aliphatic carbocycles. The molecule has 2 amide bonds. The lowest BCUT2D eigenvalue weighted by Crippen LogP contribution is -2.43. The molecule has 0 aromatic rings. The molecule has 4 nitrogen and oxygen atoms in total. The van der Waals surface area contributed by atoms with Crippen molar-refractivity contribution < 1.29 is 9.59 Å². The Kier molecular flexibility index (Phi) is 4.38. The van der Waals surface area contributed by atoms with Crippen LogP contribution in [0.5, 0.6) is 0 Å². The number of rotatable bonds is 3. The van der Waals surface area contributed by atoms with Crippen molar-refractivity contribution in [2.75, 3.05) is 20.1 Å². The monoisotopic (exact) mass is 262 g/mol. The number of nitrogens with one attached hydrogen (secondary N) is 1. The molecule has 1 saturated heterocycles. The quantitative estimate of drug-likeness (QED) is 0.754. The van der Waals surface area contributed by atoms with Crippen LogP contribution < -0.4 is 5.32 Å². The second kappa shape index (κ2) is 5.34. The summed E-state index contributed by atoms with van der Waals surface area (Å²) in [6.45, 7) is 1.30. The SMILES string of the molecule is CNC(=O)CCN1CCCC(Br)C1=O. The molecule has 0 spiro atoms. The first-order valence-corrected chi connectivity index (χ1v) is 5.70. The Balaban J connectivity index is 2.36. The van der Waals surface area contributed by atoms with E-state index in [2.05, 4.69) is 21.2 Å². The number of hydrogen-bond donors (Lipinski definition) is 1. The maximum absolute atomic E-state index is 11.6. The van der Waals surface area contributed by atoms with Gasteiger partial charge in [0.15, 0.2) is 0 Å². The Morgan fingerprint density at radius 2 is 2.43 bits per heavy atom. The predicted molar refractivity (Wildman–Crippen MR) is 57.2 cm³/mol. The maximum Gasteiger partial charge on any atom is 0.236 e. The summed E-state index contributed by atoms with van der Waals surface area (Å²) in [7, 11) is 1.60. The Hall–Kier alpha value is -0.580. The molecule has 1 atom stereocenters. The molecule has 1 unspecified atom stereocenters. The zero-order valence-corrected chi connectivity index (χ0v) is 9.84. The van der Waals surface area contributed by atoms with Crippen molar-refractivity contribution in [2.24, 2.45) is 0 Å². The summed E-state index contributed by atoms with van der Waals surface area (Å²) in [6.07, 6.45) is 2.30. The topological polar surface area (TPSA) is 49.4 Å². The van der Waals surface area contributed by atoms with E-state index in [-0.39, 0.29) is 16.6 Å². The standard InChI is InChI=1S/C9H15BrN2O2/c1-11-8(13)4-6-12-5-2-3-7(10)9(12)14/h7H,2-6H2,1H3,(H,11,13). The molecule has 1 aliphatic heterocycles. The number of hydrogen-bond acceptors (Lipinski definition) is 2. The van der Waals surface area contributed by atoms with Gasteiger partial charge in [0.2, 0.25) is 11.8 Å². The zero-order chi connectivity index (χ0) is 10.6. The third-order valence-electron chi connectivity index (χ3n) is 2.35. The van der Waals surface area contributed by atoms with Gasteiger partial charge >= 0.3 is 0 Å². The van der Waals surface area contributed by atoms with Crippen LogP contribution in [-0.4, -0.2) is 41.7 Å². The molecule has 0 saturated carbocycles. The van der Waals surface area contributed by atoms with Gasteiger partial charge in [-0.2, -0.15) is 0 Å². The minimum absolute atomic E-state index is 0.0190. The molecule has 80 valence electrons. The Labute approximate surface area is 92.2 Å². The molecule has 0 bridgehead atoms. The molecule has 0 radical (unpaired) electrons. The van der Waals surface area contributed by atoms with Gasteiger partial charge in [-0.05, 0) is 12.8 Å². The lowest BCUT2D eigenvalue weighted by molar-refractivity contribution is -0.133. The molecule has 1 rings (SSSR count). The minimum atomic E-state index is -0.0547. The van der Waals surface area contributed by atoms with Crippen LogP contribution in [0, 0.1) is 0 Å². The number of piperidine rings is 1. The summed E-state index contributed by atoms with van der Waals surface area (Å²) < 4.78 is 0. The van der Waals surface area contributed by atoms with E-state index in [0.717, 1.165) is 19.4 Å². The van der Waals surface area contributed by atoms with Gasteiger partial charge in [0.05, 0.1) is 4.83 Å². The maximum atomic E-state index is 11.6. The van der Waals surface area contributed by atoms with E-state index in [9.17, 15) is 9.59 Å². The molecule has 1 aliphatic rings. The average Bonchev–Trinajstić information content (AvgIpc) is 2.20. The summed E-state index contributed by atoms with van der Waals surface area (Å²) in [4.78, 5) is 24.2. The van der Waals surface area contributed by atoms with E-state index in [1.165, 1.54) is 0 Å². The molecule has 5 heteroatoms. The van der Waals surface area contributed by atoms with Gasteiger partial charge in [0.25, 0.3) is 0 Å². The van der Waals surface area contributed by atoms with Crippen LogP contribution in [0.3, 0.4) is 0 Å². The first kappa shape index (κ1) is 11.5. The van der Waals surface area contributed by atoms with Crippen LogP contribution in [-0.2, 0) is 9.59 Å². The summed E-state index contributed by atoms with van der Waals surface area (Å²) in [6, 6.07) is 0. The Morgan fingerprint density at radius 1 is 1.71 bits per heavy atom. The molecule has 0 aromatic heterocycles. The zero-order valence-electron chi connectivity index (χ0n) is 8.25. The van der Waals surface area contributed by atoms with Gasteiger partial charge in [0.1, 0.15) is 0 Å². The molecular formula is C9H15BrN2O2. The van der Waals surface area contributed by atoms with Crippen LogP contribution in [0.25, 0.3) is 0 Å². The predicted octanol–water partition coefficient (Wildman–Crippen LogP) is 0.508. The van der Waals surface area contributed by atoms with Crippen LogP contribution in [0.1, 0.15) is 19.3 Å². The van der Waals surface area contributed by atoms with Crippen LogP contribution in [0.15, 0.2) is 0 Å². The number of likely N-dealkylation sites (tertiary alicyclic amines) is 1. The van der Waals surface area contributed by atoms with Gasteiger partial charge in [0, 0.05) is 26.6 Å². The van der Waals surface area contributed by atoms with Gasteiger partial charge in [-0.3, -0.25) is 9.59 Å². The number of carbonyl (C=O) groups is 2. The minimum Gasteiger partial charge on any atom is -0.359 e. The fourth-order valence-electron chi connectivity index (χ4n) is 1.48. The van der Waals surface area contributed by atoms with Crippen molar-refractivity contribution >= 4 is 27.7 Å². The molecule has 0 aromatic carbocycles. The number of halogens is 1. The first-order valence-electron chi connectivity index (χ1n) is 4.78. The lowest BCUT2D eigenvalue weighted by Gasteiger charge is -2.29. The van der Waals surface area contributed by atoms with Crippen LogP contribution in [0.2, 0.25) is 0 Å². The van der Waals surface area contributed by atoms with E-state index < -0.39 is 0 Å². The van der Waals surface area contributed by atoms with E-state index >= 15 is 0 Å². The smallest absolute Gasteiger partial charge is 0.236 e. The van der Waals surface area contributed by atoms with Crippen LogP contribution in [0.4, 0.5) is 0 Å². The second-order valence-electron chi connectivity index (χ2n) is 3.36. The van der Waals surface area contributed by atoms with E-state index in [4.69, 9.17) is 0 Å². The lowest BCUT2D eigenvalue weighted by atomic mass is 10.1. The highest BCUT2D eigenvalue weighted by Gasteiger charge is 2.26.